The summed E-state index contributed by atoms with van der Waals surface area (Å²) in [7, 11) is 0. The molecule has 4 aromatic rings. The van der Waals surface area contributed by atoms with Crippen molar-refractivity contribution in [3.63, 3.8) is 0 Å². The Morgan fingerprint density at radius 2 is 1.17 bits per heavy atom. The highest BCUT2D eigenvalue weighted by atomic mass is 15.1. The Balaban J connectivity index is 2.13. The maximum Gasteiger partial charge on any atom is 0.328 e. The van der Waals surface area contributed by atoms with Crippen LogP contribution in [0, 0.1) is 6.92 Å². The second-order valence-corrected chi connectivity index (χ2v) is 8.47. The van der Waals surface area contributed by atoms with Gasteiger partial charge in [-0.1, -0.05) is 81.4 Å². The van der Waals surface area contributed by atoms with Crippen LogP contribution < -0.4 is 4.57 Å². The van der Waals surface area contributed by atoms with E-state index in [0.29, 0.717) is 0 Å². The number of hydrogen-bond donors (Lipinski definition) is 0. The number of rotatable bonds is 3. The van der Waals surface area contributed by atoms with Crippen molar-refractivity contribution in [2.75, 3.05) is 0 Å². The highest BCUT2D eigenvalue weighted by Gasteiger charge is 2.26. The van der Waals surface area contributed by atoms with Crippen LogP contribution in [0.4, 0.5) is 0 Å². The SMILES string of the molecule is Cc1cccc(-[n+]2c(-c3ccccc3)cc(C(C)(C)C)cc2-c2ccccc2)n1. The fourth-order valence-corrected chi connectivity index (χ4v) is 3.57. The summed E-state index contributed by atoms with van der Waals surface area (Å²) in [6.45, 7) is 8.83. The summed E-state index contributed by atoms with van der Waals surface area (Å²) in [5, 5.41) is 0. The largest absolute Gasteiger partial charge is 0.328 e. The first-order valence-corrected chi connectivity index (χ1v) is 10.1. The van der Waals surface area contributed by atoms with Gasteiger partial charge in [0.2, 0.25) is 0 Å². The number of pyridine rings is 2. The first kappa shape index (κ1) is 19.1. The molecule has 2 heterocycles. The molecule has 0 spiro atoms. The first-order chi connectivity index (χ1) is 13.9. The normalized spacial score (nSPS) is 11.4. The van der Waals surface area contributed by atoms with E-state index in [1.165, 1.54) is 16.7 Å². The zero-order valence-electron chi connectivity index (χ0n) is 17.6. The Kier molecular flexibility index (Phi) is 5.02. The summed E-state index contributed by atoms with van der Waals surface area (Å²) in [6, 6.07) is 32.0. The fraction of sp³-hybridized carbons (Fsp3) is 0.185. The Morgan fingerprint density at radius 1 is 0.655 bits per heavy atom. The van der Waals surface area contributed by atoms with Crippen LogP contribution in [0.15, 0.2) is 91.0 Å². The van der Waals surface area contributed by atoms with Crippen LogP contribution in [0.3, 0.4) is 0 Å². The van der Waals surface area contributed by atoms with E-state index in [4.69, 9.17) is 4.98 Å². The molecule has 29 heavy (non-hydrogen) atoms. The standard InChI is InChI=1S/C27H27N2/c1-20-12-11-17-26(28-20)29-24(21-13-7-5-8-14-21)18-23(27(2,3)4)19-25(29)22-15-9-6-10-16-22/h5-19H,1-4H3/q+1. The summed E-state index contributed by atoms with van der Waals surface area (Å²) >= 11 is 0. The molecule has 144 valence electrons. The molecular formula is C27H27N2+. The van der Waals surface area contributed by atoms with Gasteiger partial charge in [0, 0.05) is 24.1 Å². The Morgan fingerprint density at radius 3 is 1.62 bits per heavy atom. The minimum Gasteiger partial charge on any atom is -0.189 e. The average molecular weight is 380 g/mol. The van der Waals surface area contributed by atoms with Crippen molar-refractivity contribution in [1.29, 1.82) is 0 Å². The molecule has 4 rings (SSSR count). The highest BCUT2D eigenvalue weighted by molar-refractivity contribution is 5.64. The zero-order valence-corrected chi connectivity index (χ0v) is 17.6. The quantitative estimate of drug-likeness (QED) is 0.382. The summed E-state index contributed by atoms with van der Waals surface area (Å²) < 4.78 is 2.28. The molecule has 0 amide bonds. The molecular weight excluding hydrogens is 352 g/mol. The number of benzene rings is 2. The predicted octanol–water partition coefficient (Wildman–Crippen LogP) is 6.30. The Hall–Kier alpha value is -3.26. The van der Waals surface area contributed by atoms with E-state index in [2.05, 4.69) is 110 Å². The predicted molar refractivity (Wildman–Crippen MR) is 120 cm³/mol. The smallest absolute Gasteiger partial charge is 0.189 e. The Labute approximate surface area is 173 Å². The molecule has 0 fully saturated rings. The summed E-state index contributed by atoms with van der Waals surface area (Å²) in [5.74, 6) is 0.933. The molecule has 0 atom stereocenters. The molecule has 2 heteroatoms. The fourth-order valence-electron chi connectivity index (χ4n) is 3.57. The molecule has 2 aromatic heterocycles. The maximum atomic E-state index is 4.87. The van der Waals surface area contributed by atoms with Crippen LogP contribution in [0.1, 0.15) is 32.0 Å². The molecule has 0 saturated heterocycles. The van der Waals surface area contributed by atoms with E-state index in [1.54, 1.807) is 0 Å². The maximum absolute atomic E-state index is 4.87. The molecule has 0 N–H and O–H groups in total. The van der Waals surface area contributed by atoms with Crippen molar-refractivity contribution in [2.24, 2.45) is 0 Å². The average Bonchev–Trinajstić information content (AvgIpc) is 2.73. The zero-order chi connectivity index (χ0) is 20.4. The second kappa shape index (κ2) is 7.63. The van der Waals surface area contributed by atoms with E-state index in [0.717, 1.165) is 22.9 Å². The van der Waals surface area contributed by atoms with Gasteiger partial charge in [0.25, 0.3) is 0 Å². The van der Waals surface area contributed by atoms with Gasteiger partial charge in [-0.3, -0.25) is 0 Å². The lowest BCUT2D eigenvalue weighted by molar-refractivity contribution is -0.576. The second-order valence-electron chi connectivity index (χ2n) is 8.47. The van der Waals surface area contributed by atoms with Crippen LogP contribution in [-0.2, 0) is 5.41 Å². The van der Waals surface area contributed by atoms with Gasteiger partial charge in [-0.05, 0) is 40.2 Å². The third-order valence-electron chi connectivity index (χ3n) is 5.17. The van der Waals surface area contributed by atoms with Crippen LogP contribution in [0.5, 0.6) is 0 Å². The molecule has 0 aliphatic rings. The summed E-state index contributed by atoms with van der Waals surface area (Å²) in [4.78, 5) is 4.87. The van der Waals surface area contributed by atoms with Gasteiger partial charge in [0.15, 0.2) is 0 Å². The lowest BCUT2D eigenvalue weighted by atomic mass is 9.85. The number of aromatic nitrogens is 2. The Bertz CT molecular complexity index is 1060. The molecule has 0 aliphatic carbocycles. The highest BCUT2D eigenvalue weighted by Crippen LogP contribution is 2.30. The van der Waals surface area contributed by atoms with Crippen LogP contribution >= 0.6 is 0 Å². The summed E-state index contributed by atoms with van der Waals surface area (Å²) in [5.41, 5.74) is 7.00. The van der Waals surface area contributed by atoms with E-state index < -0.39 is 0 Å². The number of aryl methyl sites for hydroxylation is 1. The lowest BCUT2D eigenvalue weighted by Crippen LogP contribution is -2.38. The van der Waals surface area contributed by atoms with E-state index >= 15 is 0 Å². The molecule has 0 bridgehead atoms. The monoisotopic (exact) mass is 379 g/mol. The van der Waals surface area contributed by atoms with E-state index in [-0.39, 0.29) is 5.41 Å². The van der Waals surface area contributed by atoms with Crippen molar-refractivity contribution < 1.29 is 4.57 Å². The molecule has 0 unspecified atom stereocenters. The molecule has 2 aromatic carbocycles. The molecule has 0 saturated carbocycles. The number of nitrogens with zero attached hydrogens (tertiary/aromatic N) is 2. The van der Waals surface area contributed by atoms with Crippen LogP contribution in [0.2, 0.25) is 0 Å². The number of hydrogen-bond acceptors (Lipinski definition) is 1. The van der Waals surface area contributed by atoms with Crippen LogP contribution in [-0.4, -0.2) is 4.98 Å². The van der Waals surface area contributed by atoms with E-state index in [9.17, 15) is 0 Å². The van der Waals surface area contributed by atoms with Crippen LogP contribution in [0.25, 0.3) is 28.3 Å². The van der Waals surface area contributed by atoms with E-state index in [1.807, 2.05) is 13.0 Å². The third kappa shape index (κ3) is 3.97. The molecule has 2 nitrogen and oxygen atoms in total. The first-order valence-electron chi connectivity index (χ1n) is 10.1. The minimum absolute atomic E-state index is 0.0339. The van der Waals surface area contributed by atoms with Crippen molar-refractivity contribution >= 4 is 0 Å². The lowest BCUT2D eigenvalue weighted by Gasteiger charge is -2.22. The van der Waals surface area contributed by atoms with Gasteiger partial charge in [-0.15, -0.1) is 0 Å². The van der Waals surface area contributed by atoms with Gasteiger partial charge >= 0.3 is 5.82 Å². The van der Waals surface area contributed by atoms with Crippen molar-refractivity contribution in [2.45, 2.75) is 33.1 Å². The van der Waals surface area contributed by atoms with Gasteiger partial charge in [0.1, 0.15) is 17.1 Å². The van der Waals surface area contributed by atoms with Gasteiger partial charge in [-0.2, -0.15) is 4.57 Å². The van der Waals surface area contributed by atoms with Crippen molar-refractivity contribution in [1.82, 2.24) is 4.98 Å². The topological polar surface area (TPSA) is 16.8 Å². The van der Waals surface area contributed by atoms with Crippen molar-refractivity contribution in [3.05, 3.63) is 102 Å². The third-order valence-corrected chi connectivity index (χ3v) is 5.17. The van der Waals surface area contributed by atoms with Gasteiger partial charge < -0.3 is 0 Å². The van der Waals surface area contributed by atoms with Gasteiger partial charge in [0.05, 0.1) is 0 Å². The molecule has 0 radical (unpaired) electrons. The minimum atomic E-state index is 0.0339. The van der Waals surface area contributed by atoms with Gasteiger partial charge in [-0.25, -0.2) is 0 Å². The summed E-state index contributed by atoms with van der Waals surface area (Å²) in [6.07, 6.45) is 0. The molecule has 0 aliphatic heterocycles. The van der Waals surface area contributed by atoms with Crippen molar-refractivity contribution in [3.8, 4) is 28.3 Å².